The largest absolute Gasteiger partial charge is 0.378 e. The third kappa shape index (κ3) is 1.52. The Morgan fingerprint density at radius 2 is 1.83 bits per heavy atom. The molecule has 1 aliphatic heterocycles. The molecule has 1 heteroatoms. The Morgan fingerprint density at radius 1 is 1.17 bits per heavy atom. The van der Waals surface area contributed by atoms with Gasteiger partial charge in [-0.3, -0.25) is 0 Å². The van der Waals surface area contributed by atoms with Crippen molar-refractivity contribution in [3.63, 3.8) is 0 Å². The highest BCUT2D eigenvalue weighted by Gasteiger charge is 2.40. The zero-order valence-corrected chi connectivity index (χ0v) is 8.31. The summed E-state index contributed by atoms with van der Waals surface area (Å²) in [5, 5.41) is 0. The zero-order valence-electron chi connectivity index (χ0n) is 8.31. The van der Waals surface area contributed by atoms with Crippen LogP contribution in [0, 0.1) is 11.3 Å². The first-order valence-corrected chi connectivity index (χ1v) is 5.32. The second-order valence-electron chi connectivity index (χ2n) is 5.01. The molecule has 2 aliphatic rings. The molecular weight excluding hydrogens is 148 g/mol. The monoisotopic (exact) mass is 168 g/mol. The lowest BCUT2D eigenvalue weighted by atomic mass is 9.70. The molecule has 0 aromatic heterocycles. The summed E-state index contributed by atoms with van der Waals surface area (Å²) in [7, 11) is 0. The molecule has 0 bridgehead atoms. The Kier molecular flexibility index (Phi) is 2.16. The molecule has 70 valence electrons. The van der Waals surface area contributed by atoms with Crippen molar-refractivity contribution in [1.82, 2.24) is 0 Å². The molecule has 1 saturated heterocycles. The lowest BCUT2D eigenvalue weighted by Crippen LogP contribution is -2.27. The Morgan fingerprint density at radius 3 is 2.33 bits per heavy atom. The van der Waals surface area contributed by atoms with Gasteiger partial charge < -0.3 is 4.74 Å². The van der Waals surface area contributed by atoms with E-state index in [1.54, 1.807) is 0 Å². The van der Waals surface area contributed by atoms with Crippen LogP contribution in [0.1, 0.15) is 46.0 Å². The van der Waals surface area contributed by atoms with E-state index >= 15 is 0 Å². The maximum absolute atomic E-state index is 5.68. The van der Waals surface area contributed by atoms with Crippen LogP contribution >= 0.6 is 0 Å². The van der Waals surface area contributed by atoms with Gasteiger partial charge >= 0.3 is 0 Å². The summed E-state index contributed by atoms with van der Waals surface area (Å²) < 4.78 is 5.68. The van der Waals surface area contributed by atoms with Crippen LogP contribution in [0.15, 0.2) is 0 Å². The fourth-order valence-corrected chi connectivity index (χ4v) is 2.77. The summed E-state index contributed by atoms with van der Waals surface area (Å²) in [4.78, 5) is 0. The highest BCUT2D eigenvalue weighted by molar-refractivity contribution is 4.90. The fraction of sp³-hybridized carbons (Fsp3) is 1.00. The van der Waals surface area contributed by atoms with Gasteiger partial charge in [0, 0.05) is 0 Å². The SMILES string of the molecule is CC1CCC2(CC1)COC(C)C2. The van der Waals surface area contributed by atoms with Crippen LogP contribution in [0.4, 0.5) is 0 Å². The van der Waals surface area contributed by atoms with Crippen LogP contribution in [0.25, 0.3) is 0 Å². The molecule has 0 aromatic rings. The van der Waals surface area contributed by atoms with Gasteiger partial charge in [-0.15, -0.1) is 0 Å². The van der Waals surface area contributed by atoms with Gasteiger partial charge in [0.1, 0.15) is 0 Å². The van der Waals surface area contributed by atoms with Crippen LogP contribution < -0.4 is 0 Å². The van der Waals surface area contributed by atoms with Crippen molar-refractivity contribution in [3.05, 3.63) is 0 Å². The number of hydrogen-bond donors (Lipinski definition) is 0. The maximum atomic E-state index is 5.68. The first-order valence-electron chi connectivity index (χ1n) is 5.32. The van der Waals surface area contributed by atoms with E-state index in [4.69, 9.17) is 4.74 Å². The van der Waals surface area contributed by atoms with Gasteiger partial charge in [0.2, 0.25) is 0 Å². The molecule has 1 saturated carbocycles. The maximum Gasteiger partial charge on any atom is 0.0553 e. The molecule has 0 amide bonds. The second-order valence-corrected chi connectivity index (χ2v) is 5.01. The van der Waals surface area contributed by atoms with Crippen LogP contribution in [-0.2, 0) is 4.74 Å². The average molecular weight is 168 g/mol. The van der Waals surface area contributed by atoms with Gasteiger partial charge in [0.05, 0.1) is 12.7 Å². The van der Waals surface area contributed by atoms with E-state index in [9.17, 15) is 0 Å². The molecule has 1 unspecified atom stereocenters. The third-order valence-corrected chi connectivity index (χ3v) is 3.73. The van der Waals surface area contributed by atoms with Crippen molar-refractivity contribution in [2.75, 3.05) is 6.61 Å². The highest BCUT2D eigenvalue weighted by Crippen LogP contribution is 2.46. The van der Waals surface area contributed by atoms with Crippen molar-refractivity contribution < 1.29 is 4.74 Å². The Balaban J connectivity index is 1.95. The zero-order chi connectivity index (χ0) is 8.60. The van der Waals surface area contributed by atoms with Gasteiger partial charge in [-0.2, -0.15) is 0 Å². The topological polar surface area (TPSA) is 9.23 Å². The molecule has 0 radical (unpaired) electrons. The summed E-state index contributed by atoms with van der Waals surface area (Å²) in [6.45, 7) is 5.64. The van der Waals surface area contributed by atoms with Crippen LogP contribution in [-0.4, -0.2) is 12.7 Å². The van der Waals surface area contributed by atoms with Crippen molar-refractivity contribution in [2.24, 2.45) is 11.3 Å². The summed E-state index contributed by atoms with van der Waals surface area (Å²) in [6, 6.07) is 0. The molecule has 1 aliphatic carbocycles. The van der Waals surface area contributed by atoms with Gasteiger partial charge in [-0.1, -0.05) is 19.8 Å². The third-order valence-electron chi connectivity index (χ3n) is 3.73. The van der Waals surface area contributed by atoms with Gasteiger partial charge in [0.25, 0.3) is 0 Å². The van der Waals surface area contributed by atoms with Crippen molar-refractivity contribution in [1.29, 1.82) is 0 Å². The van der Waals surface area contributed by atoms with Crippen LogP contribution in [0.5, 0.6) is 0 Å². The first-order chi connectivity index (χ1) is 5.70. The molecule has 2 fully saturated rings. The number of ether oxygens (including phenoxy) is 1. The predicted molar refractivity (Wildman–Crippen MR) is 50.1 cm³/mol. The van der Waals surface area contributed by atoms with E-state index in [0.717, 1.165) is 12.5 Å². The smallest absolute Gasteiger partial charge is 0.0553 e. The highest BCUT2D eigenvalue weighted by atomic mass is 16.5. The van der Waals surface area contributed by atoms with E-state index in [0.29, 0.717) is 11.5 Å². The Hall–Kier alpha value is -0.0400. The lowest BCUT2D eigenvalue weighted by Gasteiger charge is -2.34. The first kappa shape index (κ1) is 8.55. The van der Waals surface area contributed by atoms with Crippen LogP contribution in [0.2, 0.25) is 0 Å². The quantitative estimate of drug-likeness (QED) is 0.540. The van der Waals surface area contributed by atoms with Crippen molar-refractivity contribution in [3.8, 4) is 0 Å². The minimum absolute atomic E-state index is 0.526. The average Bonchev–Trinajstić information content (AvgIpc) is 2.40. The van der Waals surface area contributed by atoms with E-state index in [1.807, 2.05) is 0 Å². The summed E-state index contributed by atoms with van der Waals surface area (Å²) >= 11 is 0. The van der Waals surface area contributed by atoms with E-state index < -0.39 is 0 Å². The lowest BCUT2D eigenvalue weighted by molar-refractivity contribution is 0.0856. The molecular formula is C11H20O. The Bertz CT molecular complexity index is 156. The molecule has 0 aromatic carbocycles. The molecule has 1 atom stereocenters. The molecule has 1 nitrogen and oxygen atoms in total. The van der Waals surface area contributed by atoms with E-state index in [-0.39, 0.29) is 0 Å². The standard InChI is InChI=1S/C11H20O/c1-9-3-5-11(6-4-9)7-10(2)12-8-11/h9-10H,3-8H2,1-2H3. The van der Waals surface area contributed by atoms with Gasteiger partial charge in [0.15, 0.2) is 0 Å². The number of hydrogen-bond acceptors (Lipinski definition) is 1. The minimum Gasteiger partial charge on any atom is -0.378 e. The van der Waals surface area contributed by atoms with Crippen molar-refractivity contribution >= 4 is 0 Å². The summed E-state index contributed by atoms with van der Waals surface area (Å²) in [5.74, 6) is 0.964. The second kappa shape index (κ2) is 3.02. The summed E-state index contributed by atoms with van der Waals surface area (Å²) in [6.07, 6.45) is 7.53. The fourth-order valence-electron chi connectivity index (χ4n) is 2.77. The van der Waals surface area contributed by atoms with Gasteiger partial charge in [-0.25, -0.2) is 0 Å². The minimum atomic E-state index is 0.526. The summed E-state index contributed by atoms with van der Waals surface area (Å²) in [5.41, 5.74) is 0.603. The molecule has 1 heterocycles. The Labute approximate surface area is 75.5 Å². The normalized spacial score (nSPS) is 48.5. The van der Waals surface area contributed by atoms with Crippen LogP contribution in [0.3, 0.4) is 0 Å². The van der Waals surface area contributed by atoms with E-state index in [2.05, 4.69) is 13.8 Å². The molecule has 0 N–H and O–H groups in total. The molecule has 1 spiro atoms. The molecule has 12 heavy (non-hydrogen) atoms. The van der Waals surface area contributed by atoms with E-state index in [1.165, 1.54) is 32.1 Å². The van der Waals surface area contributed by atoms with Crippen molar-refractivity contribution in [2.45, 2.75) is 52.1 Å². The molecule has 2 rings (SSSR count). The predicted octanol–water partition coefficient (Wildman–Crippen LogP) is 2.99. The number of rotatable bonds is 0. The van der Waals surface area contributed by atoms with Gasteiger partial charge in [-0.05, 0) is 37.5 Å².